The average Bonchev–Trinajstić information content (AvgIpc) is 3.06. The van der Waals surface area contributed by atoms with Crippen LogP contribution >= 0.6 is 11.3 Å². The van der Waals surface area contributed by atoms with Gasteiger partial charge in [0.25, 0.3) is 5.91 Å². The van der Waals surface area contributed by atoms with E-state index in [0.717, 1.165) is 11.3 Å². The van der Waals surface area contributed by atoms with Gasteiger partial charge in [-0.1, -0.05) is 18.2 Å². The molecule has 3 aromatic rings. The van der Waals surface area contributed by atoms with Crippen LogP contribution in [0.5, 0.6) is 5.75 Å². The summed E-state index contributed by atoms with van der Waals surface area (Å²) in [6, 6.07) is 10.3. The Labute approximate surface area is 171 Å². The molecule has 0 saturated heterocycles. The first-order valence-corrected chi connectivity index (χ1v) is 10.8. The van der Waals surface area contributed by atoms with Crippen LogP contribution in [0.2, 0.25) is 0 Å². The van der Waals surface area contributed by atoms with Gasteiger partial charge < -0.3 is 10.1 Å². The summed E-state index contributed by atoms with van der Waals surface area (Å²) in [5, 5.41) is 8.16. The van der Waals surface area contributed by atoms with Gasteiger partial charge in [-0.2, -0.15) is 0 Å². The number of aromatic nitrogens is 1. The summed E-state index contributed by atoms with van der Waals surface area (Å²) in [6.07, 6.45) is 0. The maximum atomic E-state index is 14.3. The Morgan fingerprint density at radius 3 is 2.55 bits per heavy atom. The van der Waals surface area contributed by atoms with Crippen molar-refractivity contribution in [2.45, 2.75) is 18.4 Å². The number of nitrogens with one attached hydrogen (secondary N) is 1. The molecule has 1 amide bonds. The molecule has 3 N–H and O–H groups in total. The maximum Gasteiger partial charge on any atom is 0.263 e. The van der Waals surface area contributed by atoms with Crippen LogP contribution < -0.4 is 15.2 Å². The minimum absolute atomic E-state index is 0.00523. The van der Waals surface area contributed by atoms with Gasteiger partial charge in [0.05, 0.1) is 23.3 Å². The average molecular weight is 436 g/mol. The number of amides is 1. The lowest BCUT2D eigenvalue weighted by atomic mass is 10.2. The fourth-order valence-electron chi connectivity index (χ4n) is 2.66. The highest BCUT2D eigenvalue weighted by Crippen LogP contribution is 2.36. The van der Waals surface area contributed by atoms with E-state index in [0.29, 0.717) is 26.9 Å². The number of rotatable bonds is 6. The minimum Gasteiger partial charge on any atom is -0.496 e. The lowest BCUT2D eigenvalue weighted by molar-refractivity contribution is 0.0954. The Morgan fingerprint density at radius 1 is 1.24 bits per heavy atom. The number of primary sulfonamides is 1. The Kier molecular flexibility index (Phi) is 5.96. The molecular weight excluding hydrogens is 417 g/mol. The molecule has 2 aromatic carbocycles. The number of halogens is 1. The van der Waals surface area contributed by atoms with Gasteiger partial charge in [-0.05, 0) is 36.8 Å². The SMILES string of the molecule is COc1cccc(F)c1-c1nc(C)c(C(=O)NCc2ccc(S(N)(=O)=O)cc2)s1. The Balaban J connectivity index is 1.78. The first-order chi connectivity index (χ1) is 13.7. The highest BCUT2D eigenvalue weighted by atomic mass is 32.2. The standard InChI is InChI=1S/C19H18FN3O4S2/c1-11-17(28-19(23-11)16-14(20)4-3-5-15(16)27-2)18(24)22-10-12-6-8-13(9-7-12)29(21,25)26/h3-9H,10H2,1-2H3,(H,22,24)(H2,21,25,26). The molecule has 0 unspecified atom stereocenters. The van der Waals surface area contributed by atoms with Crippen LogP contribution in [0.15, 0.2) is 47.4 Å². The van der Waals surface area contributed by atoms with Gasteiger partial charge >= 0.3 is 0 Å². The molecule has 0 atom stereocenters. The quantitative estimate of drug-likeness (QED) is 0.618. The predicted molar refractivity (Wildman–Crippen MR) is 108 cm³/mol. The van der Waals surface area contributed by atoms with Crippen molar-refractivity contribution in [1.29, 1.82) is 0 Å². The van der Waals surface area contributed by atoms with E-state index in [2.05, 4.69) is 10.3 Å². The van der Waals surface area contributed by atoms with Gasteiger partial charge in [0.1, 0.15) is 21.5 Å². The molecule has 1 aromatic heterocycles. The number of benzene rings is 2. The second-order valence-electron chi connectivity index (χ2n) is 6.12. The van der Waals surface area contributed by atoms with Gasteiger partial charge in [0.2, 0.25) is 10.0 Å². The smallest absolute Gasteiger partial charge is 0.263 e. The van der Waals surface area contributed by atoms with Gasteiger partial charge in [-0.25, -0.2) is 22.9 Å². The molecule has 152 valence electrons. The van der Waals surface area contributed by atoms with Crippen molar-refractivity contribution in [1.82, 2.24) is 10.3 Å². The minimum atomic E-state index is -3.77. The first-order valence-electron chi connectivity index (χ1n) is 8.41. The Bertz CT molecular complexity index is 1160. The molecule has 0 spiro atoms. The summed E-state index contributed by atoms with van der Waals surface area (Å²) in [5.74, 6) is -0.516. The maximum absolute atomic E-state index is 14.3. The number of ether oxygens (including phenoxy) is 1. The van der Waals surface area contributed by atoms with E-state index < -0.39 is 15.8 Å². The van der Waals surface area contributed by atoms with Crippen molar-refractivity contribution in [3.05, 3.63) is 64.4 Å². The molecule has 0 aliphatic carbocycles. The van der Waals surface area contributed by atoms with Crippen molar-refractivity contribution in [2.24, 2.45) is 5.14 Å². The van der Waals surface area contributed by atoms with E-state index in [4.69, 9.17) is 9.88 Å². The lowest BCUT2D eigenvalue weighted by Gasteiger charge is -2.06. The van der Waals surface area contributed by atoms with E-state index >= 15 is 0 Å². The van der Waals surface area contributed by atoms with Gasteiger partial charge in [0.15, 0.2) is 0 Å². The second-order valence-corrected chi connectivity index (χ2v) is 8.68. The van der Waals surface area contributed by atoms with Gasteiger partial charge in [0, 0.05) is 6.54 Å². The van der Waals surface area contributed by atoms with Crippen LogP contribution in [-0.4, -0.2) is 26.4 Å². The molecule has 0 fully saturated rings. The molecule has 7 nitrogen and oxygen atoms in total. The summed E-state index contributed by atoms with van der Waals surface area (Å²) < 4.78 is 42.1. The van der Waals surface area contributed by atoms with Crippen molar-refractivity contribution < 1.29 is 22.3 Å². The van der Waals surface area contributed by atoms with Gasteiger partial charge in [-0.3, -0.25) is 4.79 Å². The number of nitrogens with two attached hydrogens (primary N) is 1. The number of thiazole rings is 1. The molecule has 1 heterocycles. The summed E-state index contributed by atoms with van der Waals surface area (Å²) in [5.41, 5.74) is 1.38. The van der Waals surface area contributed by atoms with Crippen molar-refractivity contribution in [3.8, 4) is 16.3 Å². The highest BCUT2D eigenvalue weighted by Gasteiger charge is 2.20. The topological polar surface area (TPSA) is 111 Å². The number of aryl methyl sites for hydroxylation is 1. The number of carbonyl (C=O) groups excluding carboxylic acids is 1. The highest BCUT2D eigenvalue weighted by molar-refractivity contribution is 7.89. The number of sulfonamides is 1. The molecular formula is C19H18FN3O4S2. The molecule has 0 aliphatic heterocycles. The molecule has 3 rings (SSSR count). The third-order valence-electron chi connectivity index (χ3n) is 4.12. The molecule has 10 heteroatoms. The largest absolute Gasteiger partial charge is 0.496 e. The van der Waals surface area contributed by atoms with Crippen LogP contribution in [0.3, 0.4) is 0 Å². The zero-order chi connectivity index (χ0) is 21.2. The number of carbonyl (C=O) groups is 1. The lowest BCUT2D eigenvalue weighted by Crippen LogP contribution is -2.22. The zero-order valence-corrected chi connectivity index (χ0v) is 17.2. The molecule has 0 saturated carbocycles. The summed E-state index contributed by atoms with van der Waals surface area (Å²) in [6.45, 7) is 1.85. The van der Waals surface area contributed by atoms with Crippen molar-refractivity contribution in [3.63, 3.8) is 0 Å². The van der Waals surface area contributed by atoms with E-state index in [1.807, 2.05) is 0 Å². The Morgan fingerprint density at radius 2 is 1.93 bits per heavy atom. The molecule has 0 radical (unpaired) electrons. The second kappa shape index (κ2) is 8.27. The molecule has 0 aliphatic rings. The first kappa shape index (κ1) is 20.9. The summed E-state index contributed by atoms with van der Waals surface area (Å²) >= 11 is 1.07. The monoisotopic (exact) mass is 435 g/mol. The third kappa shape index (κ3) is 4.61. The number of nitrogens with zero attached hydrogens (tertiary/aromatic N) is 1. The van der Waals surface area contributed by atoms with Crippen LogP contribution in [-0.2, 0) is 16.6 Å². The van der Waals surface area contributed by atoms with Crippen LogP contribution in [0.4, 0.5) is 4.39 Å². The fourth-order valence-corrected chi connectivity index (χ4v) is 4.21. The molecule has 0 bridgehead atoms. The normalized spacial score (nSPS) is 11.3. The number of methoxy groups -OCH3 is 1. The fraction of sp³-hybridized carbons (Fsp3) is 0.158. The van der Waals surface area contributed by atoms with E-state index in [1.165, 1.54) is 31.4 Å². The van der Waals surface area contributed by atoms with Crippen LogP contribution in [0.1, 0.15) is 20.9 Å². The number of hydrogen-bond donors (Lipinski definition) is 2. The summed E-state index contributed by atoms with van der Waals surface area (Å²) in [7, 11) is -2.33. The van der Waals surface area contributed by atoms with Crippen LogP contribution in [0, 0.1) is 12.7 Å². The van der Waals surface area contributed by atoms with Crippen molar-refractivity contribution in [2.75, 3.05) is 7.11 Å². The van der Waals surface area contributed by atoms with Crippen LogP contribution in [0.25, 0.3) is 10.6 Å². The summed E-state index contributed by atoms with van der Waals surface area (Å²) in [4.78, 5) is 17.2. The zero-order valence-electron chi connectivity index (χ0n) is 15.6. The molecule has 29 heavy (non-hydrogen) atoms. The van der Waals surface area contributed by atoms with E-state index in [-0.39, 0.29) is 22.9 Å². The Hall–Kier alpha value is -2.82. The number of hydrogen-bond acceptors (Lipinski definition) is 6. The van der Waals surface area contributed by atoms with E-state index in [1.54, 1.807) is 25.1 Å². The van der Waals surface area contributed by atoms with E-state index in [9.17, 15) is 17.6 Å². The van der Waals surface area contributed by atoms with Crippen molar-refractivity contribution >= 4 is 27.3 Å². The van der Waals surface area contributed by atoms with Gasteiger partial charge in [-0.15, -0.1) is 11.3 Å². The predicted octanol–water partition coefficient (Wildman–Crippen LogP) is 2.84. The third-order valence-corrected chi connectivity index (χ3v) is 6.22.